The van der Waals surface area contributed by atoms with Gasteiger partial charge in [-0.2, -0.15) is 0 Å². The molecule has 2 heterocycles. The molecule has 11 heavy (non-hydrogen) atoms. The molecule has 3 rings (SSSR count). The lowest BCUT2D eigenvalue weighted by molar-refractivity contribution is -0.115. The minimum absolute atomic E-state index is 0. The summed E-state index contributed by atoms with van der Waals surface area (Å²) in [7, 11) is 0. The fraction of sp³-hybridized carbons (Fsp3) is 1.00. The van der Waals surface area contributed by atoms with E-state index in [0.717, 1.165) is 6.42 Å². The van der Waals surface area contributed by atoms with Gasteiger partial charge in [-0.1, -0.05) is 0 Å². The van der Waals surface area contributed by atoms with Gasteiger partial charge in [-0.05, 0) is 12.8 Å². The minimum atomic E-state index is -2.37. The van der Waals surface area contributed by atoms with Crippen LogP contribution in [0.15, 0.2) is 0 Å². The van der Waals surface area contributed by atoms with Crippen LogP contribution in [0.3, 0.4) is 0 Å². The molecule has 3 fully saturated rings. The van der Waals surface area contributed by atoms with Crippen LogP contribution < -0.4 is 5.32 Å². The molecule has 0 aromatic heterocycles. The Hall–Kier alpha value is 0.110. The molecule has 0 aromatic carbocycles. The molecule has 0 spiro atoms. The van der Waals surface area contributed by atoms with Crippen molar-refractivity contribution in [3.8, 4) is 0 Å². The average molecular weight is 184 g/mol. The van der Waals surface area contributed by atoms with E-state index in [0.29, 0.717) is 13.0 Å². The smallest absolute Gasteiger partial charge is 0.253 e. The predicted molar refractivity (Wildman–Crippen MR) is 41.3 cm³/mol. The van der Waals surface area contributed by atoms with E-state index in [1.165, 1.54) is 0 Å². The van der Waals surface area contributed by atoms with Crippen molar-refractivity contribution >= 4 is 12.4 Å². The van der Waals surface area contributed by atoms with E-state index in [1.807, 2.05) is 0 Å². The number of hydrogen-bond donors (Lipinski definition) is 1. The second-order valence-electron chi connectivity index (χ2n) is 3.34. The van der Waals surface area contributed by atoms with Crippen LogP contribution >= 0.6 is 12.4 Å². The lowest BCUT2D eigenvalue weighted by Gasteiger charge is -2.42. The Labute approximate surface area is 71.0 Å². The van der Waals surface area contributed by atoms with E-state index in [1.54, 1.807) is 0 Å². The predicted octanol–water partition coefficient (Wildman–Crippen LogP) is 1.82. The molecule has 1 N–H and O–H groups in total. The molecule has 0 radical (unpaired) electrons. The van der Waals surface area contributed by atoms with Gasteiger partial charge in [-0.15, -0.1) is 12.4 Å². The molecule has 66 valence electrons. The maximum Gasteiger partial charge on any atom is 0.253 e. The number of hydrogen-bond acceptors (Lipinski definition) is 1. The normalized spacial score (nSPS) is 39.8. The molecule has 3 aliphatic rings. The van der Waals surface area contributed by atoms with Gasteiger partial charge >= 0.3 is 0 Å². The van der Waals surface area contributed by atoms with Gasteiger partial charge < -0.3 is 5.32 Å². The number of fused-ring (bicyclic) bond motifs is 3. The van der Waals surface area contributed by atoms with Crippen molar-refractivity contribution in [3.05, 3.63) is 0 Å². The van der Waals surface area contributed by atoms with Crippen LogP contribution in [0, 0.1) is 5.92 Å². The highest BCUT2D eigenvalue weighted by Gasteiger charge is 2.48. The Balaban J connectivity index is 0.000000605. The second kappa shape index (κ2) is 2.87. The first kappa shape index (κ1) is 9.20. The van der Waals surface area contributed by atoms with Gasteiger partial charge in [0.1, 0.15) is 0 Å². The maximum absolute atomic E-state index is 12.9. The van der Waals surface area contributed by atoms with Crippen molar-refractivity contribution in [2.75, 3.05) is 6.54 Å². The quantitative estimate of drug-likeness (QED) is 0.604. The van der Waals surface area contributed by atoms with Crippen LogP contribution in [0.25, 0.3) is 0 Å². The molecule has 2 aliphatic heterocycles. The summed E-state index contributed by atoms with van der Waals surface area (Å²) in [6.07, 6.45) is 1.72. The first-order valence-corrected chi connectivity index (χ1v) is 3.80. The van der Waals surface area contributed by atoms with Crippen molar-refractivity contribution < 1.29 is 8.78 Å². The highest BCUT2D eigenvalue weighted by molar-refractivity contribution is 5.85. The fourth-order valence-electron chi connectivity index (χ4n) is 1.95. The van der Waals surface area contributed by atoms with Gasteiger partial charge in [0.25, 0.3) is 5.92 Å². The summed E-state index contributed by atoms with van der Waals surface area (Å²) in [6.45, 7) is 0.525. The summed E-state index contributed by atoms with van der Waals surface area (Å²) >= 11 is 0. The Kier molecular flexibility index (Phi) is 2.40. The van der Waals surface area contributed by atoms with Crippen LogP contribution in [-0.4, -0.2) is 18.5 Å². The van der Waals surface area contributed by atoms with Crippen LogP contribution in [-0.2, 0) is 0 Å². The van der Waals surface area contributed by atoms with Crippen LogP contribution in [0.5, 0.6) is 0 Å². The van der Waals surface area contributed by atoms with Crippen LogP contribution in [0.2, 0.25) is 0 Å². The van der Waals surface area contributed by atoms with Crippen molar-refractivity contribution in [1.29, 1.82) is 0 Å². The van der Waals surface area contributed by atoms with Gasteiger partial charge in [0, 0.05) is 24.9 Å². The summed E-state index contributed by atoms with van der Waals surface area (Å²) in [6, 6.07) is 0.0972. The molecule has 1 aliphatic carbocycles. The minimum Gasteiger partial charge on any atom is -0.313 e. The maximum atomic E-state index is 12.9. The van der Waals surface area contributed by atoms with Crippen molar-refractivity contribution in [3.63, 3.8) is 0 Å². The SMILES string of the molecule is Cl.FC1(F)CC2CCC1CN2. The standard InChI is InChI=1S/C7H11F2N.ClH/c8-7(9)3-6-2-1-5(7)4-10-6;/h5-6,10H,1-4H2;1H. The topological polar surface area (TPSA) is 12.0 Å². The highest BCUT2D eigenvalue weighted by atomic mass is 35.5. The number of alkyl halides is 2. The van der Waals surface area contributed by atoms with Crippen LogP contribution in [0.1, 0.15) is 19.3 Å². The summed E-state index contributed by atoms with van der Waals surface area (Å²) in [4.78, 5) is 0. The third-order valence-electron chi connectivity index (χ3n) is 2.63. The third-order valence-corrected chi connectivity index (χ3v) is 2.63. The monoisotopic (exact) mass is 183 g/mol. The largest absolute Gasteiger partial charge is 0.313 e. The van der Waals surface area contributed by atoms with Gasteiger partial charge in [-0.3, -0.25) is 0 Å². The van der Waals surface area contributed by atoms with E-state index >= 15 is 0 Å². The Bertz CT molecular complexity index is 143. The lowest BCUT2D eigenvalue weighted by atomic mass is 9.78. The van der Waals surface area contributed by atoms with Crippen molar-refractivity contribution in [2.24, 2.45) is 5.92 Å². The molecule has 0 amide bonds. The molecule has 0 aromatic rings. The first-order valence-electron chi connectivity index (χ1n) is 3.80. The van der Waals surface area contributed by atoms with Gasteiger partial charge in [0.05, 0.1) is 0 Å². The second-order valence-corrected chi connectivity index (χ2v) is 3.34. The zero-order valence-corrected chi connectivity index (χ0v) is 6.96. The van der Waals surface area contributed by atoms with E-state index in [-0.39, 0.29) is 30.8 Å². The molecule has 2 saturated heterocycles. The number of rotatable bonds is 0. The fourth-order valence-corrected chi connectivity index (χ4v) is 1.95. The van der Waals surface area contributed by atoms with Gasteiger partial charge in [0.2, 0.25) is 0 Å². The van der Waals surface area contributed by atoms with Crippen molar-refractivity contribution in [1.82, 2.24) is 5.32 Å². The molecular weight excluding hydrogens is 172 g/mol. The summed E-state index contributed by atoms with van der Waals surface area (Å²) in [5, 5.41) is 3.09. The Morgan fingerprint density at radius 3 is 2.18 bits per heavy atom. The molecule has 2 atom stereocenters. The Morgan fingerprint density at radius 2 is 2.00 bits per heavy atom. The van der Waals surface area contributed by atoms with Gasteiger partial charge in [0.15, 0.2) is 0 Å². The molecule has 1 nitrogen and oxygen atoms in total. The number of nitrogens with one attached hydrogen (secondary N) is 1. The van der Waals surface area contributed by atoms with E-state index < -0.39 is 5.92 Å². The Morgan fingerprint density at radius 1 is 1.27 bits per heavy atom. The zero-order chi connectivity index (χ0) is 7.19. The summed E-state index contributed by atoms with van der Waals surface area (Å²) in [5.41, 5.74) is 0. The molecule has 1 saturated carbocycles. The van der Waals surface area contributed by atoms with E-state index in [9.17, 15) is 8.78 Å². The molecule has 2 bridgehead atoms. The summed E-state index contributed by atoms with van der Waals surface area (Å²) < 4.78 is 25.7. The first-order chi connectivity index (χ1) is 4.68. The van der Waals surface area contributed by atoms with Crippen LogP contribution in [0.4, 0.5) is 8.78 Å². The molecular formula is C7H12ClF2N. The van der Waals surface area contributed by atoms with E-state index in [4.69, 9.17) is 0 Å². The van der Waals surface area contributed by atoms with Gasteiger partial charge in [-0.25, -0.2) is 8.78 Å². The number of halogens is 3. The third kappa shape index (κ3) is 1.49. The lowest BCUT2D eigenvalue weighted by Crippen LogP contribution is -2.54. The zero-order valence-electron chi connectivity index (χ0n) is 6.15. The van der Waals surface area contributed by atoms with E-state index in [2.05, 4.69) is 5.32 Å². The molecule has 4 heteroatoms. The number of piperidine rings is 2. The van der Waals surface area contributed by atoms with Crippen molar-refractivity contribution in [2.45, 2.75) is 31.2 Å². The average Bonchev–Trinajstić information content (AvgIpc) is 1.87. The summed E-state index contributed by atoms with van der Waals surface area (Å²) in [5.74, 6) is -2.74. The molecule has 2 unspecified atom stereocenters. The highest BCUT2D eigenvalue weighted by Crippen LogP contribution is 2.41.